The van der Waals surface area contributed by atoms with E-state index in [2.05, 4.69) is 0 Å². The summed E-state index contributed by atoms with van der Waals surface area (Å²) in [7, 11) is 0. The Kier molecular flexibility index (Phi) is 3.38. The number of carbonyl (C=O) groups excluding carboxylic acids is 3. The molecular weight excluding hydrogens is 339 g/mol. The lowest BCUT2D eigenvalue weighted by Crippen LogP contribution is -2.62. The zero-order chi connectivity index (χ0) is 16.1. The Bertz CT molecular complexity index is 828. The third-order valence-electron chi connectivity index (χ3n) is 3.99. The molecular formula is C15H11FN2O3S2. The highest BCUT2D eigenvalue weighted by Gasteiger charge is 2.43. The van der Waals surface area contributed by atoms with Crippen molar-refractivity contribution in [2.45, 2.75) is 6.04 Å². The van der Waals surface area contributed by atoms with E-state index in [0.29, 0.717) is 23.4 Å². The molecule has 2 aliphatic heterocycles. The molecule has 2 aromatic rings. The molecule has 8 heteroatoms. The number of likely N-dealkylation sites (tertiary alicyclic amines) is 1. The van der Waals surface area contributed by atoms with Crippen LogP contribution in [0.5, 0.6) is 0 Å². The summed E-state index contributed by atoms with van der Waals surface area (Å²) in [5.74, 6) is -0.476. The number of hydrogen-bond acceptors (Lipinski definition) is 5. The Hall–Kier alpha value is -1.93. The first kappa shape index (κ1) is 14.6. The molecule has 4 rings (SSSR count). The van der Waals surface area contributed by atoms with E-state index in [4.69, 9.17) is 0 Å². The zero-order valence-corrected chi connectivity index (χ0v) is 13.5. The van der Waals surface area contributed by atoms with Crippen LogP contribution in [-0.2, 0) is 4.79 Å². The summed E-state index contributed by atoms with van der Waals surface area (Å²) in [5, 5.41) is 0.473. The van der Waals surface area contributed by atoms with Crippen LogP contribution in [-0.4, -0.2) is 51.7 Å². The summed E-state index contributed by atoms with van der Waals surface area (Å²) >= 11 is 2.32. The fourth-order valence-corrected chi connectivity index (χ4v) is 4.56. The van der Waals surface area contributed by atoms with Gasteiger partial charge in [-0.1, -0.05) is 11.8 Å². The molecule has 0 bridgehead atoms. The van der Waals surface area contributed by atoms with Gasteiger partial charge in [-0.3, -0.25) is 19.3 Å². The van der Waals surface area contributed by atoms with Crippen molar-refractivity contribution in [1.82, 2.24) is 9.80 Å². The minimum absolute atomic E-state index is 0.144. The number of rotatable bonds is 2. The normalized spacial score (nSPS) is 18.8. The lowest BCUT2D eigenvalue weighted by molar-refractivity contribution is -0.128. The number of fused-ring (bicyclic) bond motifs is 1. The van der Waals surface area contributed by atoms with Crippen molar-refractivity contribution < 1.29 is 18.8 Å². The number of halogens is 1. The smallest absolute Gasteiger partial charge is 0.289 e. The second-order valence-corrected chi connectivity index (χ2v) is 7.49. The maximum atomic E-state index is 13.2. The van der Waals surface area contributed by atoms with Crippen LogP contribution >= 0.6 is 23.1 Å². The third kappa shape index (κ3) is 2.42. The first-order valence-corrected chi connectivity index (χ1v) is 8.80. The van der Waals surface area contributed by atoms with Gasteiger partial charge in [0.25, 0.3) is 11.1 Å². The van der Waals surface area contributed by atoms with Crippen molar-refractivity contribution in [1.29, 1.82) is 0 Å². The predicted octanol–water partition coefficient (Wildman–Crippen LogP) is 2.56. The van der Waals surface area contributed by atoms with Gasteiger partial charge in [0.1, 0.15) is 5.82 Å². The SMILES string of the molecule is O=C(c1cc2cc(F)ccc2s1)N1CC(N2C(=O)CSC2=O)C1. The molecule has 0 saturated carbocycles. The monoisotopic (exact) mass is 350 g/mol. The highest BCUT2D eigenvalue weighted by Crippen LogP contribution is 2.30. The summed E-state index contributed by atoms with van der Waals surface area (Å²) < 4.78 is 14.1. The molecule has 0 atom stereocenters. The van der Waals surface area contributed by atoms with Crippen LogP contribution in [0.1, 0.15) is 9.67 Å². The molecule has 3 heterocycles. The van der Waals surface area contributed by atoms with Crippen molar-refractivity contribution >= 4 is 50.2 Å². The van der Waals surface area contributed by atoms with Gasteiger partial charge in [-0.05, 0) is 29.7 Å². The molecule has 2 fully saturated rings. The molecule has 0 spiro atoms. The lowest BCUT2D eigenvalue weighted by Gasteiger charge is -2.42. The average molecular weight is 350 g/mol. The molecule has 2 aliphatic rings. The van der Waals surface area contributed by atoms with Crippen molar-refractivity contribution in [2.75, 3.05) is 18.8 Å². The second kappa shape index (κ2) is 5.31. The maximum absolute atomic E-state index is 13.2. The minimum Gasteiger partial charge on any atom is -0.334 e. The van der Waals surface area contributed by atoms with Gasteiger partial charge in [0.15, 0.2) is 0 Å². The van der Waals surface area contributed by atoms with Crippen LogP contribution in [0, 0.1) is 5.82 Å². The van der Waals surface area contributed by atoms with E-state index >= 15 is 0 Å². The van der Waals surface area contributed by atoms with Crippen molar-refractivity contribution in [3.63, 3.8) is 0 Å². The highest BCUT2D eigenvalue weighted by molar-refractivity contribution is 8.14. The molecule has 23 heavy (non-hydrogen) atoms. The minimum atomic E-state index is -0.332. The summed E-state index contributed by atoms with van der Waals surface area (Å²) in [5.41, 5.74) is 0. The molecule has 3 amide bonds. The van der Waals surface area contributed by atoms with E-state index in [0.717, 1.165) is 16.5 Å². The van der Waals surface area contributed by atoms with Crippen molar-refractivity contribution in [3.05, 3.63) is 35.0 Å². The Labute approximate surface area is 139 Å². The Morgan fingerprint density at radius 2 is 2.00 bits per heavy atom. The summed E-state index contributed by atoms with van der Waals surface area (Å²) in [4.78, 5) is 39.2. The maximum Gasteiger partial charge on any atom is 0.289 e. The van der Waals surface area contributed by atoms with E-state index in [-0.39, 0.29) is 34.7 Å². The summed E-state index contributed by atoms with van der Waals surface area (Å²) in [6.45, 7) is 0.721. The molecule has 1 aromatic heterocycles. The molecule has 2 saturated heterocycles. The fraction of sp³-hybridized carbons (Fsp3) is 0.267. The van der Waals surface area contributed by atoms with E-state index < -0.39 is 0 Å². The Balaban J connectivity index is 1.48. The third-order valence-corrected chi connectivity index (χ3v) is 5.93. The molecule has 5 nitrogen and oxygen atoms in total. The molecule has 0 aliphatic carbocycles. The van der Waals surface area contributed by atoms with Gasteiger partial charge in [-0.25, -0.2) is 4.39 Å². The number of carbonyl (C=O) groups is 3. The number of thioether (sulfide) groups is 1. The number of imide groups is 1. The number of thiophene rings is 1. The Morgan fingerprint density at radius 1 is 1.22 bits per heavy atom. The zero-order valence-electron chi connectivity index (χ0n) is 11.8. The van der Waals surface area contributed by atoms with Crippen LogP contribution in [0.15, 0.2) is 24.3 Å². The van der Waals surface area contributed by atoms with Gasteiger partial charge in [0.2, 0.25) is 5.91 Å². The van der Waals surface area contributed by atoms with E-state index in [9.17, 15) is 18.8 Å². The highest BCUT2D eigenvalue weighted by atomic mass is 32.2. The van der Waals surface area contributed by atoms with Crippen LogP contribution in [0.25, 0.3) is 10.1 Å². The van der Waals surface area contributed by atoms with Crippen LogP contribution in [0.3, 0.4) is 0 Å². The van der Waals surface area contributed by atoms with E-state index in [1.807, 2.05) is 0 Å². The van der Waals surface area contributed by atoms with Crippen LogP contribution in [0.2, 0.25) is 0 Å². The second-order valence-electron chi connectivity index (χ2n) is 5.48. The summed E-state index contributed by atoms with van der Waals surface area (Å²) in [6, 6.07) is 5.89. The van der Waals surface area contributed by atoms with E-state index in [1.165, 1.54) is 28.4 Å². The standard InChI is InChI=1S/C15H11FN2O3S2/c16-9-1-2-11-8(3-9)4-12(23-11)14(20)17-5-10(6-17)18-13(19)7-22-15(18)21/h1-4,10H,5-7H2. The van der Waals surface area contributed by atoms with Gasteiger partial charge in [0.05, 0.1) is 16.7 Å². The Morgan fingerprint density at radius 3 is 2.70 bits per heavy atom. The molecule has 118 valence electrons. The summed E-state index contributed by atoms with van der Waals surface area (Å²) in [6.07, 6.45) is 0. The first-order chi connectivity index (χ1) is 11.0. The molecule has 0 unspecified atom stereocenters. The van der Waals surface area contributed by atoms with Crippen LogP contribution in [0.4, 0.5) is 9.18 Å². The quantitative estimate of drug-likeness (QED) is 0.835. The van der Waals surface area contributed by atoms with Crippen LogP contribution < -0.4 is 0 Å². The molecule has 1 aromatic carbocycles. The number of nitrogens with zero attached hydrogens (tertiary/aromatic N) is 2. The van der Waals surface area contributed by atoms with Gasteiger partial charge in [-0.15, -0.1) is 11.3 Å². The average Bonchev–Trinajstić information content (AvgIpc) is 3.02. The fourth-order valence-electron chi connectivity index (χ4n) is 2.78. The topological polar surface area (TPSA) is 57.7 Å². The number of amides is 3. The predicted molar refractivity (Wildman–Crippen MR) is 86.2 cm³/mol. The molecule has 0 N–H and O–H groups in total. The van der Waals surface area contributed by atoms with Gasteiger partial charge >= 0.3 is 0 Å². The van der Waals surface area contributed by atoms with Gasteiger partial charge < -0.3 is 4.90 Å². The lowest BCUT2D eigenvalue weighted by atomic mass is 10.1. The van der Waals surface area contributed by atoms with Crippen molar-refractivity contribution in [3.8, 4) is 0 Å². The number of benzene rings is 1. The van der Waals surface area contributed by atoms with E-state index in [1.54, 1.807) is 17.0 Å². The number of hydrogen-bond donors (Lipinski definition) is 0. The van der Waals surface area contributed by atoms with Crippen molar-refractivity contribution in [2.24, 2.45) is 0 Å². The van der Waals surface area contributed by atoms with Gasteiger partial charge in [0, 0.05) is 17.8 Å². The largest absolute Gasteiger partial charge is 0.334 e. The molecule has 0 radical (unpaired) electrons. The van der Waals surface area contributed by atoms with Gasteiger partial charge in [-0.2, -0.15) is 0 Å². The first-order valence-electron chi connectivity index (χ1n) is 7.00.